The summed E-state index contributed by atoms with van der Waals surface area (Å²) < 4.78 is 25.1. The molecule has 6 heteroatoms. The Balaban J connectivity index is 2.15. The van der Waals surface area contributed by atoms with E-state index >= 15 is 0 Å². The fraction of sp³-hybridized carbons (Fsp3) is 0.538. The second-order valence-electron chi connectivity index (χ2n) is 4.94. The maximum atomic E-state index is 12.0. The van der Waals surface area contributed by atoms with Gasteiger partial charge in [-0.25, -0.2) is 12.7 Å². The van der Waals surface area contributed by atoms with Crippen molar-refractivity contribution in [3.8, 4) is 0 Å². The number of anilines is 1. The lowest BCUT2D eigenvalue weighted by Gasteiger charge is -2.31. The molecule has 0 spiro atoms. The number of hydrogen-bond donors (Lipinski definition) is 0. The van der Waals surface area contributed by atoms with E-state index in [4.69, 9.17) is 11.6 Å². The summed E-state index contributed by atoms with van der Waals surface area (Å²) in [6.45, 7) is 1.85. The van der Waals surface area contributed by atoms with E-state index in [1.165, 1.54) is 18.4 Å². The van der Waals surface area contributed by atoms with Crippen molar-refractivity contribution < 1.29 is 8.42 Å². The standard InChI is InChI=1S/C13H19ClN2O2S/c1-15(2)19(17,18)13-5-3-12(4-6-13)16-9-7-11(14)8-10-16/h3-6,11H,7-10H2,1-2H3. The minimum Gasteiger partial charge on any atom is -0.371 e. The summed E-state index contributed by atoms with van der Waals surface area (Å²) in [5.41, 5.74) is 1.06. The van der Waals surface area contributed by atoms with E-state index in [0.717, 1.165) is 31.6 Å². The molecule has 1 aromatic carbocycles. The van der Waals surface area contributed by atoms with Gasteiger partial charge in [0.2, 0.25) is 10.0 Å². The molecule has 4 nitrogen and oxygen atoms in total. The van der Waals surface area contributed by atoms with Crippen molar-refractivity contribution in [2.45, 2.75) is 23.1 Å². The van der Waals surface area contributed by atoms with Gasteiger partial charge in [0.15, 0.2) is 0 Å². The van der Waals surface area contributed by atoms with E-state index < -0.39 is 10.0 Å². The van der Waals surface area contributed by atoms with E-state index in [1.807, 2.05) is 12.1 Å². The van der Waals surface area contributed by atoms with Crippen LogP contribution in [0.2, 0.25) is 0 Å². The van der Waals surface area contributed by atoms with Crippen LogP contribution in [-0.2, 0) is 10.0 Å². The van der Waals surface area contributed by atoms with Crippen molar-refractivity contribution in [3.63, 3.8) is 0 Å². The molecule has 0 aliphatic carbocycles. The predicted octanol–water partition coefficient (Wildman–Crippen LogP) is 2.14. The summed E-state index contributed by atoms with van der Waals surface area (Å²) in [4.78, 5) is 2.57. The van der Waals surface area contributed by atoms with E-state index in [2.05, 4.69) is 4.90 Å². The molecule has 1 aromatic rings. The topological polar surface area (TPSA) is 40.6 Å². The van der Waals surface area contributed by atoms with Gasteiger partial charge in [0.25, 0.3) is 0 Å². The number of piperidine rings is 1. The fourth-order valence-electron chi connectivity index (χ4n) is 2.15. The quantitative estimate of drug-likeness (QED) is 0.803. The first-order valence-electron chi connectivity index (χ1n) is 6.33. The minimum atomic E-state index is -3.34. The van der Waals surface area contributed by atoms with Crippen LogP contribution < -0.4 is 4.90 Å². The Labute approximate surface area is 120 Å². The molecular formula is C13H19ClN2O2S. The number of alkyl halides is 1. The van der Waals surface area contributed by atoms with Crippen LogP contribution in [0, 0.1) is 0 Å². The van der Waals surface area contributed by atoms with Crippen LogP contribution in [0.5, 0.6) is 0 Å². The Morgan fingerprint density at radius 2 is 1.68 bits per heavy atom. The molecule has 1 aliphatic heterocycles. The molecule has 1 heterocycles. The van der Waals surface area contributed by atoms with Crippen LogP contribution in [0.1, 0.15) is 12.8 Å². The molecular weight excluding hydrogens is 284 g/mol. The molecule has 0 bridgehead atoms. The van der Waals surface area contributed by atoms with Gasteiger partial charge in [0.05, 0.1) is 4.90 Å². The van der Waals surface area contributed by atoms with Crippen molar-refractivity contribution in [1.29, 1.82) is 0 Å². The lowest BCUT2D eigenvalue weighted by atomic mass is 10.1. The number of halogens is 1. The van der Waals surface area contributed by atoms with Gasteiger partial charge in [-0.05, 0) is 37.1 Å². The molecule has 1 saturated heterocycles. The Morgan fingerprint density at radius 3 is 2.16 bits per heavy atom. The SMILES string of the molecule is CN(C)S(=O)(=O)c1ccc(N2CCC(Cl)CC2)cc1. The van der Waals surface area contributed by atoms with Gasteiger partial charge in [0, 0.05) is 38.2 Å². The Kier molecular flexibility index (Phi) is 4.38. The summed E-state index contributed by atoms with van der Waals surface area (Å²) in [6, 6.07) is 7.06. The zero-order valence-corrected chi connectivity index (χ0v) is 12.8. The van der Waals surface area contributed by atoms with Crippen molar-refractivity contribution in [3.05, 3.63) is 24.3 Å². The number of rotatable bonds is 3. The van der Waals surface area contributed by atoms with Crippen LogP contribution in [0.15, 0.2) is 29.2 Å². The maximum Gasteiger partial charge on any atom is 0.242 e. The highest BCUT2D eigenvalue weighted by atomic mass is 35.5. The van der Waals surface area contributed by atoms with E-state index in [9.17, 15) is 8.42 Å². The summed E-state index contributed by atoms with van der Waals surface area (Å²) in [7, 11) is -0.267. The van der Waals surface area contributed by atoms with Crippen molar-refractivity contribution in [2.75, 3.05) is 32.1 Å². The van der Waals surface area contributed by atoms with Crippen LogP contribution in [0.3, 0.4) is 0 Å². The molecule has 0 amide bonds. The highest BCUT2D eigenvalue weighted by Crippen LogP contribution is 2.24. The van der Waals surface area contributed by atoms with Crippen LogP contribution in [0.25, 0.3) is 0 Å². The molecule has 0 radical (unpaired) electrons. The summed E-state index contributed by atoms with van der Waals surface area (Å²) >= 11 is 6.08. The van der Waals surface area contributed by atoms with Crippen LogP contribution >= 0.6 is 11.6 Å². The molecule has 1 fully saturated rings. The highest BCUT2D eigenvalue weighted by Gasteiger charge is 2.19. The van der Waals surface area contributed by atoms with Gasteiger partial charge in [-0.1, -0.05) is 0 Å². The molecule has 106 valence electrons. The second-order valence-corrected chi connectivity index (χ2v) is 7.71. The highest BCUT2D eigenvalue weighted by molar-refractivity contribution is 7.89. The van der Waals surface area contributed by atoms with Gasteiger partial charge < -0.3 is 4.90 Å². The number of hydrogen-bond acceptors (Lipinski definition) is 3. The number of sulfonamides is 1. The normalized spacial score (nSPS) is 18.0. The van der Waals surface area contributed by atoms with Gasteiger partial charge in [-0.3, -0.25) is 0 Å². The lowest BCUT2D eigenvalue weighted by molar-refractivity contribution is 0.520. The molecule has 0 aromatic heterocycles. The smallest absolute Gasteiger partial charge is 0.242 e. The molecule has 19 heavy (non-hydrogen) atoms. The molecule has 2 rings (SSSR count). The predicted molar refractivity (Wildman–Crippen MR) is 78.4 cm³/mol. The summed E-state index contributed by atoms with van der Waals surface area (Å²) in [5.74, 6) is 0. The van der Waals surface area contributed by atoms with Gasteiger partial charge in [-0.2, -0.15) is 0 Å². The summed E-state index contributed by atoms with van der Waals surface area (Å²) in [6.07, 6.45) is 1.94. The monoisotopic (exact) mass is 302 g/mol. The average molecular weight is 303 g/mol. The van der Waals surface area contributed by atoms with Crippen molar-refractivity contribution >= 4 is 27.3 Å². The third-order valence-electron chi connectivity index (χ3n) is 3.40. The number of benzene rings is 1. The van der Waals surface area contributed by atoms with E-state index in [0.29, 0.717) is 4.90 Å². The van der Waals surface area contributed by atoms with E-state index in [1.54, 1.807) is 12.1 Å². The van der Waals surface area contributed by atoms with Crippen LogP contribution in [-0.4, -0.2) is 45.3 Å². The molecule has 0 N–H and O–H groups in total. The summed E-state index contributed by atoms with van der Waals surface area (Å²) in [5, 5.41) is 0.268. The zero-order chi connectivity index (χ0) is 14.0. The average Bonchev–Trinajstić information content (AvgIpc) is 2.39. The fourth-order valence-corrected chi connectivity index (χ4v) is 3.24. The first kappa shape index (κ1) is 14.6. The first-order chi connectivity index (χ1) is 8.91. The second kappa shape index (κ2) is 5.69. The van der Waals surface area contributed by atoms with Crippen molar-refractivity contribution in [1.82, 2.24) is 4.31 Å². The van der Waals surface area contributed by atoms with Gasteiger partial charge in [0.1, 0.15) is 0 Å². The third kappa shape index (κ3) is 3.22. The Hall–Kier alpha value is -0.780. The Bertz CT molecular complexity index is 520. The molecule has 0 saturated carbocycles. The lowest BCUT2D eigenvalue weighted by Crippen LogP contribution is -2.34. The van der Waals surface area contributed by atoms with Gasteiger partial charge in [-0.15, -0.1) is 11.6 Å². The zero-order valence-electron chi connectivity index (χ0n) is 11.2. The Morgan fingerprint density at radius 1 is 1.16 bits per heavy atom. The minimum absolute atomic E-state index is 0.268. The van der Waals surface area contributed by atoms with Crippen LogP contribution in [0.4, 0.5) is 5.69 Å². The largest absolute Gasteiger partial charge is 0.371 e. The van der Waals surface area contributed by atoms with E-state index in [-0.39, 0.29) is 5.38 Å². The number of nitrogens with zero attached hydrogens (tertiary/aromatic N) is 2. The third-order valence-corrected chi connectivity index (χ3v) is 5.67. The molecule has 0 unspecified atom stereocenters. The molecule has 1 aliphatic rings. The van der Waals surface area contributed by atoms with Crippen molar-refractivity contribution in [2.24, 2.45) is 0 Å². The molecule has 0 atom stereocenters. The maximum absolute atomic E-state index is 12.0. The van der Waals surface area contributed by atoms with Gasteiger partial charge >= 0.3 is 0 Å². The first-order valence-corrected chi connectivity index (χ1v) is 8.20.